The molecule has 3 aromatic rings. The molecule has 5 rings (SSSR count). The van der Waals surface area contributed by atoms with Gasteiger partial charge in [-0.1, -0.05) is 63.2 Å². The third kappa shape index (κ3) is 7.16. The minimum Gasteiger partial charge on any atom is -0.465 e. The van der Waals surface area contributed by atoms with Crippen LogP contribution >= 0.6 is 0 Å². The zero-order chi connectivity index (χ0) is 31.4. The lowest BCUT2D eigenvalue weighted by Crippen LogP contribution is -2.56. The van der Waals surface area contributed by atoms with Gasteiger partial charge in [-0.15, -0.1) is 0 Å². The Morgan fingerprint density at radius 3 is 2.52 bits per heavy atom. The molecule has 0 saturated carbocycles. The number of carbonyl (C=O) groups is 3. The van der Waals surface area contributed by atoms with Crippen LogP contribution in [0.3, 0.4) is 0 Å². The van der Waals surface area contributed by atoms with Crippen LogP contribution in [0.4, 0.5) is 10.6 Å². The van der Waals surface area contributed by atoms with E-state index in [4.69, 9.17) is 5.73 Å². The molecule has 2 saturated heterocycles. The fourth-order valence-corrected chi connectivity index (χ4v) is 6.22. The third-order valence-corrected chi connectivity index (χ3v) is 8.62. The average molecular weight is 600 g/mol. The molecule has 2 unspecified atom stereocenters. The molecule has 2 aromatic carbocycles. The second kappa shape index (κ2) is 13.0. The Labute approximate surface area is 257 Å². The Morgan fingerprint density at radius 1 is 1.02 bits per heavy atom. The van der Waals surface area contributed by atoms with E-state index in [1.807, 2.05) is 36.4 Å². The molecule has 0 aliphatic carbocycles. The number of nitrogen functional groups attached to an aromatic ring is 1. The molecule has 2 aliphatic heterocycles. The van der Waals surface area contributed by atoms with Crippen LogP contribution in [-0.4, -0.2) is 80.5 Å². The molecule has 44 heavy (non-hydrogen) atoms. The number of carbonyl (C=O) groups excluding carboxylic acids is 2. The molecule has 0 bridgehead atoms. The highest BCUT2D eigenvalue weighted by atomic mass is 16.4. The fourth-order valence-electron chi connectivity index (χ4n) is 6.22. The topological polar surface area (TPSA) is 154 Å². The van der Waals surface area contributed by atoms with Gasteiger partial charge in [-0.25, -0.2) is 14.8 Å². The number of nitrogens with zero attached hydrogens (tertiary/aromatic N) is 4. The molecule has 1 aromatic heterocycles. The standard InChI is InChI=1S/C33H41N7O4/c1-33(2,3)27-17-25(13-15-40(27)32(43)44)39-14-12-24(20-39)37-31(42)28-29(34)35-19-26(38-28)22-10-7-11-23(16-22)30(41)36-18-21-8-5-4-6-9-21/h4-11,16,19,24-25,27H,12-15,17-18,20H2,1-3H3,(H2,34,35)(H,36,41)(H,37,42)(H,43,44)/t24-,25?,27?/m0/s1. The Kier molecular flexibility index (Phi) is 9.14. The van der Waals surface area contributed by atoms with E-state index in [0.29, 0.717) is 36.5 Å². The van der Waals surface area contributed by atoms with Crippen molar-refractivity contribution in [2.24, 2.45) is 5.41 Å². The number of benzene rings is 2. The summed E-state index contributed by atoms with van der Waals surface area (Å²) < 4.78 is 0. The molecule has 3 atom stereocenters. The first-order valence-electron chi connectivity index (χ1n) is 15.1. The number of rotatable bonds is 7. The van der Waals surface area contributed by atoms with E-state index < -0.39 is 12.0 Å². The monoisotopic (exact) mass is 599 g/mol. The third-order valence-electron chi connectivity index (χ3n) is 8.62. The maximum absolute atomic E-state index is 13.3. The number of nitrogens with one attached hydrogen (secondary N) is 2. The molecule has 5 N–H and O–H groups in total. The summed E-state index contributed by atoms with van der Waals surface area (Å²) in [6, 6.07) is 16.8. The largest absolute Gasteiger partial charge is 0.465 e. The number of aromatic nitrogens is 2. The predicted octanol–water partition coefficient (Wildman–Crippen LogP) is 4.02. The molecule has 11 heteroatoms. The van der Waals surface area contributed by atoms with Gasteiger partial charge in [0.25, 0.3) is 11.8 Å². The van der Waals surface area contributed by atoms with E-state index in [-0.39, 0.29) is 41.0 Å². The van der Waals surface area contributed by atoms with Crippen molar-refractivity contribution in [2.75, 3.05) is 25.4 Å². The SMILES string of the molecule is CC(C)(C)C1CC(N2CC[C@H](NC(=O)c3nc(-c4cccc(C(=O)NCc5ccccc5)c4)cnc3N)C2)CCN1C(=O)O. The van der Waals surface area contributed by atoms with E-state index in [0.717, 1.165) is 31.4 Å². The lowest BCUT2D eigenvalue weighted by atomic mass is 9.79. The van der Waals surface area contributed by atoms with Crippen molar-refractivity contribution in [1.82, 2.24) is 30.4 Å². The van der Waals surface area contributed by atoms with Crippen LogP contribution in [-0.2, 0) is 6.54 Å². The molecule has 11 nitrogen and oxygen atoms in total. The van der Waals surface area contributed by atoms with Crippen LogP contribution in [0.15, 0.2) is 60.8 Å². The van der Waals surface area contributed by atoms with Gasteiger partial charge in [-0.3, -0.25) is 14.5 Å². The van der Waals surface area contributed by atoms with Crippen LogP contribution in [0.5, 0.6) is 0 Å². The van der Waals surface area contributed by atoms with Gasteiger partial charge in [-0.05, 0) is 42.4 Å². The number of amides is 3. The minimum absolute atomic E-state index is 0.0342. The van der Waals surface area contributed by atoms with Crippen LogP contribution in [0.1, 0.15) is 66.4 Å². The molecule has 2 fully saturated rings. The molecule has 3 heterocycles. The first kappa shape index (κ1) is 30.9. The van der Waals surface area contributed by atoms with E-state index >= 15 is 0 Å². The Balaban J connectivity index is 1.22. The quantitative estimate of drug-likeness (QED) is 0.318. The highest BCUT2D eigenvalue weighted by Crippen LogP contribution is 2.35. The molecular formula is C33H41N7O4. The highest BCUT2D eigenvalue weighted by molar-refractivity contribution is 5.97. The fraction of sp³-hybridized carbons (Fsp3) is 0.424. The zero-order valence-electron chi connectivity index (χ0n) is 25.5. The summed E-state index contributed by atoms with van der Waals surface area (Å²) in [5, 5.41) is 15.7. The van der Waals surface area contributed by atoms with Gasteiger partial charge in [0.05, 0.1) is 11.9 Å². The molecule has 232 valence electrons. The highest BCUT2D eigenvalue weighted by Gasteiger charge is 2.41. The van der Waals surface area contributed by atoms with Gasteiger partial charge in [0.1, 0.15) is 0 Å². The van der Waals surface area contributed by atoms with Crippen molar-refractivity contribution >= 4 is 23.7 Å². The predicted molar refractivity (Wildman–Crippen MR) is 168 cm³/mol. The second-order valence-corrected chi connectivity index (χ2v) is 12.7. The van der Waals surface area contributed by atoms with Crippen LogP contribution < -0.4 is 16.4 Å². The summed E-state index contributed by atoms with van der Waals surface area (Å²) in [7, 11) is 0. The van der Waals surface area contributed by atoms with Crippen molar-refractivity contribution in [2.45, 2.75) is 64.7 Å². The minimum atomic E-state index is -0.867. The molecule has 0 radical (unpaired) electrons. The summed E-state index contributed by atoms with van der Waals surface area (Å²) in [6.07, 6.45) is 2.94. The van der Waals surface area contributed by atoms with Gasteiger partial charge >= 0.3 is 6.09 Å². The first-order chi connectivity index (χ1) is 21.0. The van der Waals surface area contributed by atoms with Crippen LogP contribution in [0, 0.1) is 5.41 Å². The van der Waals surface area contributed by atoms with E-state index in [9.17, 15) is 19.5 Å². The van der Waals surface area contributed by atoms with Crippen molar-refractivity contribution in [3.63, 3.8) is 0 Å². The number of nitrogens with two attached hydrogens (primary N) is 1. The van der Waals surface area contributed by atoms with Gasteiger partial charge in [0.2, 0.25) is 0 Å². The zero-order valence-corrected chi connectivity index (χ0v) is 25.5. The van der Waals surface area contributed by atoms with E-state index in [1.165, 1.54) is 6.20 Å². The van der Waals surface area contributed by atoms with Gasteiger partial charge < -0.3 is 26.4 Å². The van der Waals surface area contributed by atoms with Gasteiger partial charge in [0.15, 0.2) is 11.5 Å². The summed E-state index contributed by atoms with van der Waals surface area (Å²) in [6.45, 7) is 8.66. The van der Waals surface area contributed by atoms with Crippen molar-refractivity contribution in [3.05, 3.63) is 77.6 Å². The molecule has 3 amide bonds. The average Bonchev–Trinajstić information content (AvgIpc) is 3.48. The summed E-state index contributed by atoms with van der Waals surface area (Å²) >= 11 is 0. The second-order valence-electron chi connectivity index (χ2n) is 12.7. The van der Waals surface area contributed by atoms with Gasteiger partial charge in [-0.2, -0.15) is 0 Å². The van der Waals surface area contributed by atoms with Crippen LogP contribution in [0.25, 0.3) is 11.3 Å². The van der Waals surface area contributed by atoms with Crippen molar-refractivity contribution < 1.29 is 19.5 Å². The van der Waals surface area contributed by atoms with Gasteiger partial charge in [0, 0.05) is 55.4 Å². The van der Waals surface area contributed by atoms with E-state index in [1.54, 1.807) is 23.1 Å². The maximum Gasteiger partial charge on any atom is 0.407 e. The molecule has 0 spiro atoms. The van der Waals surface area contributed by atoms with Crippen molar-refractivity contribution in [1.29, 1.82) is 0 Å². The van der Waals surface area contributed by atoms with Crippen LogP contribution in [0.2, 0.25) is 0 Å². The number of hydrogen-bond acceptors (Lipinski definition) is 7. The lowest BCUT2D eigenvalue weighted by molar-refractivity contribution is 0.0250. The normalized spacial score (nSPS) is 20.7. The number of hydrogen-bond donors (Lipinski definition) is 4. The molecule has 2 aliphatic rings. The Hall–Kier alpha value is -4.51. The summed E-state index contributed by atoms with van der Waals surface area (Å²) in [5.74, 6) is -0.578. The number of piperidine rings is 1. The van der Waals surface area contributed by atoms with E-state index in [2.05, 4.69) is 46.3 Å². The Bertz CT molecular complexity index is 1510. The Morgan fingerprint density at radius 2 is 1.80 bits per heavy atom. The smallest absolute Gasteiger partial charge is 0.407 e. The molecular weight excluding hydrogens is 558 g/mol. The summed E-state index contributed by atoms with van der Waals surface area (Å²) in [4.78, 5) is 50.7. The van der Waals surface area contributed by atoms with Crippen molar-refractivity contribution in [3.8, 4) is 11.3 Å². The summed E-state index contributed by atoms with van der Waals surface area (Å²) in [5.41, 5.74) is 8.52. The maximum atomic E-state index is 13.3. The number of carboxylic acid groups (broad SMARTS) is 1. The first-order valence-corrected chi connectivity index (χ1v) is 15.1. The number of anilines is 1. The lowest BCUT2D eigenvalue weighted by Gasteiger charge is -2.46. The number of likely N-dealkylation sites (tertiary alicyclic amines) is 2.